The summed E-state index contributed by atoms with van der Waals surface area (Å²) in [5.74, 6) is 1.10. The van der Waals surface area contributed by atoms with Gasteiger partial charge in [-0.1, -0.05) is 49.6 Å². The number of amides is 1. The Hall–Kier alpha value is -2.20. The Morgan fingerprint density at radius 1 is 1.11 bits per heavy atom. The molecule has 1 heterocycles. The second-order valence-corrected chi connectivity index (χ2v) is 9.04. The van der Waals surface area contributed by atoms with Crippen LogP contribution in [0.1, 0.15) is 59.3 Å². The van der Waals surface area contributed by atoms with Gasteiger partial charge in [0.25, 0.3) is 5.91 Å². The molecular weight excluding hydrogens is 366 g/mol. The molecule has 0 spiro atoms. The number of hydrogen-bond donors (Lipinski definition) is 1. The number of furan rings is 1. The number of hydrogen-bond acceptors (Lipinski definition) is 3. The Morgan fingerprint density at radius 3 is 2.71 bits per heavy atom. The van der Waals surface area contributed by atoms with Crippen molar-refractivity contribution in [2.75, 3.05) is 5.32 Å². The third-order valence-electron chi connectivity index (χ3n) is 5.56. The van der Waals surface area contributed by atoms with Gasteiger partial charge in [0, 0.05) is 27.6 Å². The average molecular weight is 394 g/mol. The van der Waals surface area contributed by atoms with Crippen LogP contribution in [0.25, 0.3) is 11.0 Å². The molecule has 4 heteroatoms. The summed E-state index contributed by atoms with van der Waals surface area (Å²) in [6.07, 6.45) is 6.57. The van der Waals surface area contributed by atoms with Gasteiger partial charge in [0.15, 0.2) is 5.76 Å². The van der Waals surface area contributed by atoms with Crippen LogP contribution in [-0.2, 0) is 5.75 Å². The van der Waals surface area contributed by atoms with Gasteiger partial charge >= 0.3 is 0 Å². The molecule has 3 aromatic rings. The fourth-order valence-electron chi connectivity index (χ4n) is 3.91. The van der Waals surface area contributed by atoms with Gasteiger partial charge in [0.2, 0.25) is 0 Å². The molecular formula is C24H27NO2S. The van der Waals surface area contributed by atoms with E-state index in [-0.39, 0.29) is 5.91 Å². The molecule has 1 saturated carbocycles. The van der Waals surface area contributed by atoms with Crippen LogP contribution in [0.15, 0.2) is 46.9 Å². The Balaban J connectivity index is 1.61. The first-order valence-electron chi connectivity index (χ1n) is 10.1. The highest BCUT2D eigenvalue weighted by atomic mass is 32.2. The van der Waals surface area contributed by atoms with Crippen LogP contribution in [-0.4, -0.2) is 11.2 Å². The molecule has 1 aliphatic carbocycles. The van der Waals surface area contributed by atoms with E-state index in [1.165, 1.54) is 32.1 Å². The minimum absolute atomic E-state index is 0.163. The number of nitrogens with one attached hydrogen (secondary N) is 1. The van der Waals surface area contributed by atoms with Crippen molar-refractivity contribution in [3.63, 3.8) is 0 Å². The van der Waals surface area contributed by atoms with Crippen molar-refractivity contribution in [1.82, 2.24) is 0 Å². The molecule has 28 heavy (non-hydrogen) atoms. The predicted molar refractivity (Wildman–Crippen MR) is 118 cm³/mol. The number of fused-ring (bicyclic) bond motifs is 1. The molecule has 1 N–H and O–H groups in total. The lowest BCUT2D eigenvalue weighted by atomic mass is 10.0. The largest absolute Gasteiger partial charge is 0.451 e. The fraction of sp³-hybridized carbons (Fsp3) is 0.375. The Morgan fingerprint density at radius 2 is 1.89 bits per heavy atom. The van der Waals surface area contributed by atoms with Gasteiger partial charge in [-0.15, -0.1) is 0 Å². The van der Waals surface area contributed by atoms with Crippen molar-refractivity contribution < 1.29 is 9.21 Å². The van der Waals surface area contributed by atoms with Crippen molar-refractivity contribution >= 4 is 34.3 Å². The highest BCUT2D eigenvalue weighted by Gasteiger charge is 2.23. The molecule has 0 saturated heterocycles. The van der Waals surface area contributed by atoms with Crippen molar-refractivity contribution in [2.45, 2.75) is 57.0 Å². The van der Waals surface area contributed by atoms with E-state index >= 15 is 0 Å². The number of carbonyl (C=O) groups excluding carboxylic acids is 1. The summed E-state index contributed by atoms with van der Waals surface area (Å²) in [5.41, 5.74) is 4.82. The van der Waals surface area contributed by atoms with Crippen LogP contribution >= 0.6 is 11.8 Å². The number of rotatable bonds is 5. The highest BCUT2D eigenvalue weighted by molar-refractivity contribution is 7.99. The Labute approximate surface area is 170 Å². The maximum atomic E-state index is 13.1. The van der Waals surface area contributed by atoms with E-state index in [9.17, 15) is 4.79 Å². The van der Waals surface area contributed by atoms with E-state index in [0.29, 0.717) is 11.0 Å². The topological polar surface area (TPSA) is 42.2 Å². The number of thioether (sulfide) groups is 1. The van der Waals surface area contributed by atoms with Crippen LogP contribution in [0.5, 0.6) is 0 Å². The number of para-hydroxylation sites is 1. The van der Waals surface area contributed by atoms with Crippen LogP contribution in [0.3, 0.4) is 0 Å². The van der Waals surface area contributed by atoms with Crippen molar-refractivity contribution in [3.8, 4) is 0 Å². The fourth-order valence-corrected chi connectivity index (χ4v) is 5.26. The van der Waals surface area contributed by atoms with Gasteiger partial charge in [-0.3, -0.25) is 4.79 Å². The van der Waals surface area contributed by atoms with Gasteiger partial charge in [-0.25, -0.2) is 0 Å². The number of aryl methyl sites for hydroxylation is 2. The molecule has 1 aromatic heterocycles. The highest BCUT2D eigenvalue weighted by Crippen LogP contribution is 2.35. The summed E-state index contributed by atoms with van der Waals surface area (Å²) in [7, 11) is 0. The summed E-state index contributed by atoms with van der Waals surface area (Å²) in [6, 6.07) is 14.1. The van der Waals surface area contributed by atoms with E-state index in [4.69, 9.17) is 4.42 Å². The zero-order chi connectivity index (χ0) is 19.5. The maximum Gasteiger partial charge on any atom is 0.291 e. The molecule has 0 radical (unpaired) electrons. The van der Waals surface area contributed by atoms with Gasteiger partial charge in [0.1, 0.15) is 5.58 Å². The number of anilines is 1. The van der Waals surface area contributed by atoms with Crippen LogP contribution in [0.2, 0.25) is 0 Å². The third kappa shape index (κ3) is 4.12. The molecule has 0 aliphatic heterocycles. The summed E-state index contributed by atoms with van der Waals surface area (Å²) in [4.78, 5) is 13.1. The van der Waals surface area contributed by atoms with Gasteiger partial charge < -0.3 is 9.73 Å². The van der Waals surface area contributed by atoms with E-state index in [0.717, 1.165) is 39.1 Å². The SMILES string of the molecule is Cc1ccc(C)c(NC(=O)c2oc3ccccc3c2CSC2CCCCC2)c1. The van der Waals surface area contributed by atoms with Crippen molar-refractivity contribution in [3.05, 3.63) is 64.9 Å². The first-order chi connectivity index (χ1) is 13.6. The average Bonchev–Trinajstić information content (AvgIpc) is 3.09. The third-order valence-corrected chi connectivity index (χ3v) is 6.96. The molecule has 0 unspecified atom stereocenters. The summed E-state index contributed by atoms with van der Waals surface area (Å²) in [5, 5.41) is 4.81. The van der Waals surface area contributed by atoms with Crippen LogP contribution in [0.4, 0.5) is 5.69 Å². The van der Waals surface area contributed by atoms with Gasteiger partial charge in [-0.05, 0) is 49.9 Å². The summed E-state index contributed by atoms with van der Waals surface area (Å²) >= 11 is 1.97. The normalized spacial score (nSPS) is 15.1. The Bertz CT molecular complexity index is 985. The molecule has 4 rings (SSSR count). The minimum Gasteiger partial charge on any atom is -0.451 e. The minimum atomic E-state index is -0.163. The Kier molecular flexibility index (Phi) is 5.77. The lowest BCUT2D eigenvalue weighted by Gasteiger charge is -2.20. The quantitative estimate of drug-likeness (QED) is 0.514. The van der Waals surface area contributed by atoms with E-state index < -0.39 is 0 Å². The molecule has 0 bridgehead atoms. The van der Waals surface area contributed by atoms with E-state index in [1.807, 2.05) is 55.9 Å². The van der Waals surface area contributed by atoms with Gasteiger partial charge in [-0.2, -0.15) is 11.8 Å². The molecule has 1 aliphatic rings. The van der Waals surface area contributed by atoms with Crippen molar-refractivity contribution in [2.24, 2.45) is 0 Å². The van der Waals surface area contributed by atoms with Gasteiger partial charge in [0.05, 0.1) is 0 Å². The second kappa shape index (κ2) is 8.44. The summed E-state index contributed by atoms with van der Waals surface area (Å²) in [6.45, 7) is 4.04. The standard InChI is InChI=1S/C24H27NO2S/c1-16-12-13-17(2)21(14-16)25-24(26)23-20(15-28-18-8-4-3-5-9-18)19-10-6-7-11-22(19)27-23/h6-7,10-14,18H,3-5,8-9,15H2,1-2H3,(H,25,26). The summed E-state index contributed by atoms with van der Waals surface area (Å²) < 4.78 is 6.02. The maximum absolute atomic E-state index is 13.1. The zero-order valence-corrected chi connectivity index (χ0v) is 17.4. The first kappa shape index (κ1) is 19.1. The van der Waals surface area contributed by atoms with Crippen LogP contribution in [0, 0.1) is 13.8 Å². The molecule has 3 nitrogen and oxygen atoms in total. The lowest BCUT2D eigenvalue weighted by molar-refractivity contribution is 0.0997. The lowest BCUT2D eigenvalue weighted by Crippen LogP contribution is -2.14. The molecule has 146 valence electrons. The molecule has 1 amide bonds. The molecule has 0 atom stereocenters. The van der Waals surface area contributed by atoms with E-state index in [2.05, 4.69) is 17.4 Å². The smallest absolute Gasteiger partial charge is 0.291 e. The first-order valence-corrected chi connectivity index (χ1v) is 11.2. The zero-order valence-electron chi connectivity index (χ0n) is 16.6. The van der Waals surface area contributed by atoms with E-state index in [1.54, 1.807) is 0 Å². The number of carbonyl (C=O) groups is 1. The molecule has 1 fully saturated rings. The van der Waals surface area contributed by atoms with Crippen LogP contribution < -0.4 is 5.32 Å². The molecule has 2 aromatic carbocycles. The second-order valence-electron chi connectivity index (χ2n) is 7.75. The number of benzene rings is 2. The monoisotopic (exact) mass is 393 g/mol. The predicted octanol–water partition coefficient (Wildman–Crippen LogP) is 6.87. The van der Waals surface area contributed by atoms with Crippen molar-refractivity contribution in [1.29, 1.82) is 0 Å².